The highest BCUT2D eigenvalue weighted by molar-refractivity contribution is 6.12. The third-order valence-corrected chi connectivity index (χ3v) is 3.24. The van der Waals surface area contributed by atoms with Gasteiger partial charge in [0.05, 0.1) is 11.1 Å². The minimum atomic E-state index is 0.780. The standard InChI is InChI=1S/C15H13NO/c1-16(17)15-13-8-4-2-6-11(13)10-12-7-3-5-9-14(12)15/h2-9H,10H2,1H3. The zero-order valence-electron chi connectivity index (χ0n) is 9.68. The van der Waals surface area contributed by atoms with Gasteiger partial charge in [-0.2, -0.15) is 0 Å². The van der Waals surface area contributed by atoms with Crippen molar-refractivity contribution in [2.75, 3.05) is 7.05 Å². The van der Waals surface area contributed by atoms with Crippen molar-refractivity contribution in [1.29, 1.82) is 0 Å². The van der Waals surface area contributed by atoms with Crippen LogP contribution in [0.25, 0.3) is 0 Å². The molecule has 0 aliphatic heterocycles. The maximum atomic E-state index is 11.8. The average Bonchev–Trinajstić information content (AvgIpc) is 2.35. The van der Waals surface area contributed by atoms with Gasteiger partial charge in [-0.3, -0.25) is 0 Å². The van der Waals surface area contributed by atoms with Gasteiger partial charge in [-0.1, -0.05) is 36.4 Å². The second-order valence-corrected chi connectivity index (χ2v) is 4.34. The van der Waals surface area contributed by atoms with E-state index in [9.17, 15) is 5.21 Å². The molecule has 0 saturated heterocycles. The summed E-state index contributed by atoms with van der Waals surface area (Å²) in [6.45, 7) is 0. The van der Waals surface area contributed by atoms with Crippen molar-refractivity contribution >= 4 is 5.71 Å². The van der Waals surface area contributed by atoms with E-state index in [0.717, 1.165) is 28.0 Å². The van der Waals surface area contributed by atoms with E-state index in [-0.39, 0.29) is 0 Å². The molecule has 0 radical (unpaired) electrons. The fourth-order valence-electron chi connectivity index (χ4n) is 2.50. The lowest BCUT2D eigenvalue weighted by Crippen LogP contribution is -2.22. The molecule has 0 atom stereocenters. The van der Waals surface area contributed by atoms with Gasteiger partial charge in [0, 0.05) is 0 Å². The molecule has 84 valence electrons. The van der Waals surface area contributed by atoms with Crippen LogP contribution >= 0.6 is 0 Å². The molecule has 2 nitrogen and oxygen atoms in total. The van der Waals surface area contributed by atoms with Crippen LogP contribution in [0, 0.1) is 5.21 Å². The maximum absolute atomic E-state index is 11.8. The first-order valence-corrected chi connectivity index (χ1v) is 5.72. The Bertz CT molecular complexity index is 562. The van der Waals surface area contributed by atoms with E-state index in [1.165, 1.54) is 11.1 Å². The lowest BCUT2D eigenvalue weighted by Gasteiger charge is -2.20. The molecule has 3 rings (SSSR count). The molecule has 0 amide bonds. The van der Waals surface area contributed by atoms with Crippen LogP contribution in [0.4, 0.5) is 0 Å². The van der Waals surface area contributed by atoms with Gasteiger partial charge in [-0.25, -0.2) is 4.74 Å². The molecule has 0 N–H and O–H groups in total. The highest BCUT2D eigenvalue weighted by Gasteiger charge is 2.25. The molecule has 0 bridgehead atoms. The summed E-state index contributed by atoms with van der Waals surface area (Å²) in [5.74, 6) is 0. The molecule has 1 aliphatic rings. The molecular weight excluding hydrogens is 210 g/mol. The first-order valence-electron chi connectivity index (χ1n) is 5.72. The summed E-state index contributed by atoms with van der Waals surface area (Å²) in [4.78, 5) is 0. The number of hydrogen-bond donors (Lipinski definition) is 0. The van der Waals surface area contributed by atoms with Crippen molar-refractivity contribution in [1.82, 2.24) is 0 Å². The molecule has 17 heavy (non-hydrogen) atoms. The zero-order chi connectivity index (χ0) is 11.8. The number of benzene rings is 2. The average molecular weight is 223 g/mol. The summed E-state index contributed by atoms with van der Waals surface area (Å²) in [6, 6.07) is 16.2. The first-order chi connectivity index (χ1) is 8.27. The molecule has 0 heterocycles. The van der Waals surface area contributed by atoms with Crippen LogP contribution in [-0.4, -0.2) is 17.5 Å². The molecule has 2 heteroatoms. The first kappa shape index (κ1) is 10.1. The number of hydrogen-bond acceptors (Lipinski definition) is 1. The summed E-state index contributed by atoms with van der Waals surface area (Å²) < 4.78 is 0.969. The van der Waals surface area contributed by atoms with Gasteiger partial charge in [0.2, 0.25) is 5.71 Å². The van der Waals surface area contributed by atoms with E-state index in [1.54, 1.807) is 7.05 Å². The lowest BCUT2D eigenvalue weighted by atomic mass is 9.84. The molecule has 0 aromatic heterocycles. The summed E-state index contributed by atoms with van der Waals surface area (Å²) in [7, 11) is 1.56. The van der Waals surface area contributed by atoms with Crippen LogP contribution in [0.15, 0.2) is 48.5 Å². The zero-order valence-corrected chi connectivity index (χ0v) is 9.68. The SMILES string of the molecule is C[N+]([O-])=C1c2ccccc2Cc2ccccc21. The van der Waals surface area contributed by atoms with Crippen LogP contribution in [-0.2, 0) is 6.42 Å². The minimum absolute atomic E-state index is 0.780. The monoisotopic (exact) mass is 223 g/mol. The summed E-state index contributed by atoms with van der Waals surface area (Å²) >= 11 is 0. The van der Waals surface area contributed by atoms with E-state index in [0.29, 0.717) is 0 Å². The Morgan fingerprint density at radius 2 is 1.35 bits per heavy atom. The van der Waals surface area contributed by atoms with Crippen LogP contribution in [0.1, 0.15) is 22.3 Å². The van der Waals surface area contributed by atoms with Crippen molar-refractivity contribution in [3.63, 3.8) is 0 Å². The molecule has 2 aromatic rings. The molecule has 0 fully saturated rings. The minimum Gasteiger partial charge on any atom is -0.624 e. The largest absolute Gasteiger partial charge is 0.624 e. The van der Waals surface area contributed by atoms with Gasteiger partial charge in [0.25, 0.3) is 0 Å². The van der Waals surface area contributed by atoms with Gasteiger partial charge in [0.15, 0.2) is 0 Å². The second kappa shape index (κ2) is 3.74. The Morgan fingerprint density at radius 3 is 1.82 bits per heavy atom. The predicted octanol–water partition coefficient (Wildman–Crippen LogP) is 2.57. The maximum Gasteiger partial charge on any atom is 0.225 e. The van der Waals surface area contributed by atoms with Gasteiger partial charge < -0.3 is 5.21 Å². The van der Waals surface area contributed by atoms with Crippen LogP contribution in [0.3, 0.4) is 0 Å². The van der Waals surface area contributed by atoms with E-state index >= 15 is 0 Å². The molecule has 1 aliphatic carbocycles. The second-order valence-electron chi connectivity index (χ2n) is 4.34. The Balaban J connectivity index is 2.33. The van der Waals surface area contributed by atoms with Crippen molar-refractivity contribution in [3.05, 3.63) is 76.0 Å². The molecule has 0 unspecified atom stereocenters. The number of nitrogens with zero attached hydrogens (tertiary/aromatic N) is 1. The van der Waals surface area contributed by atoms with E-state index < -0.39 is 0 Å². The van der Waals surface area contributed by atoms with Crippen LogP contribution < -0.4 is 0 Å². The third-order valence-electron chi connectivity index (χ3n) is 3.24. The van der Waals surface area contributed by atoms with Gasteiger partial charge in [-0.05, 0) is 29.7 Å². The Kier molecular flexibility index (Phi) is 2.22. The van der Waals surface area contributed by atoms with Crippen molar-refractivity contribution in [2.45, 2.75) is 6.42 Å². The van der Waals surface area contributed by atoms with Crippen molar-refractivity contribution in [3.8, 4) is 0 Å². The van der Waals surface area contributed by atoms with Gasteiger partial charge >= 0.3 is 0 Å². The topological polar surface area (TPSA) is 26.1 Å². The van der Waals surface area contributed by atoms with Crippen LogP contribution in [0.5, 0.6) is 0 Å². The number of hydroxylamine groups is 1. The molecule has 2 aromatic carbocycles. The highest BCUT2D eigenvalue weighted by Crippen LogP contribution is 2.26. The van der Waals surface area contributed by atoms with E-state index in [1.807, 2.05) is 36.4 Å². The number of rotatable bonds is 0. The fourth-order valence-corrected chi connectivity index (χ4v) is 2.50. The smallest absolute Gasteiger partial charge is 0.225 e. The highest BCUT2D eigenvalue weighted by atomic mass is 16.5. The van der Waals surface area contributed by atoms with Crippen molar-refractivity contribution in [2.24, 2.45) is 0 Å². The lowest BCUT2D eigenvalue weighted by molar-refractivity contribution is -0.421. The van der Waals surface area contributed by atoms with Gasteiger partial charge in [-0.15, -0.1) is 0 Å². The van der Waals surface area contributed by atoms with Crippen LogP contribution in [0.2, 0.25) is 0 Å². The summed E-state index contributed by atoms with van der Waals surface area (Å²) in [5, 5.41) is 11.8. The normalized spacial score (nSPS) is 12.9. The fraction of sp³-hybridized carbons (Fsp3) is 0.133. The third kappa shape index (κ3) is 1.53. The van der Waals surface area contributed by atoms with E-state index in [4.69, 9.17) is 0 Å². The summed E-state index contributed by atoms with van der Waals surface area (Å²) in [6.07, 6.45) is 0.906. The molecule has 0 saturated carbocycles. The summed E-state index contributed by atoms with van der Waals surface area (Å²) in [5.41, 5.74) is 5.35. The predicted molar refractivity (Wildman–Crippen MR) is 68.5 cm³/mol. The van der Waals surface area contributed by atoms with E-state index in [2.05, 4.69) is 12.1 Å². The number of fused-ring (bicyclic) bond motifs is 2. The van der Waals surface area contributed by atoms with Gasteiger partial charge in [0.1, 0.15) is 7.05 Å². The Hall–Kier alpha value is -2.09. The molecule has 0 spiro atoms. The molecular formula is C15H13NO. The quantitative estimate of drug-likeness (QED) is 0.327. The van der Waals surface area contributed by atoms with Crippen molar-refractivity contribution < 1.29 is 4.74 Å². The Morgan fingerprint density at radius 1 is 0.882 bits per heavy atom. The Labute approximate surface area is 100 Å².